The molecule has 0 aromatic heterocycles. The molecular formula is C20H32N2O3S. The van der Waals surface area contributed by atoms with Crippen LogP contribution in [0, 0.1) is 5.41 Å². The summed E-state index contributed by atoms with van der Waals surface area (Å²) in [6.45, 7) is 4.33. The lowest BCUT2D eigenvalue weighted by Gasteiger charge is -2.42. The first kappa shape index (κ1) is 19.8. The van der Waals surface area contributed by atoms with E-state index < -0.39 is 10.0 Å². The fourth-order valence-corrected chi connectivity index (χ4v) is 5.22. The lowest BCUT2D eigenvalue weighted by molar-refractivity contribution is -0.0376. The van der Waals surface area contributed by atoms with Gasteiger partial charge in [-0.1, -0.05) is 37.3 Å². The molecule has 2 N–H and O–H groups in total. The van der Waals surface area contributed by atoms with Crippen LogP contribution >= 0.6 is 0 Å². The molecule has 1 heterocycles. The Kier molecular flexibility index (Phi) is 6.38. The maximum absolute atomic E-state index is 11.7. The smallest absolute Gasteiger partial charge is 0.208 e. The van der Waals surface area contributed by atoms with Crippen LogP contribution in [-0.4, -0.2) is 46.5 Å². The largest absolute Gasteiger partial charge is 0.378 e. The van der Waals surface area contributed by atoms with Crippen molar-refractivity contribution in [2.45, 2.75) is 57.1 Å². The van der Waals surface area contributed by atoms with Crippen LogP contribution in [0.25, 0.3) is 0 Å². The normalized spacial score (nSPS) is 33.1. The van der Waals surface area contributed by atoms with Gasteiger partial charge in [-0.05, 0) is 50.1 Å². The maximum atomic E-state index is 11.7. The van der Waals surface area contributed by atoms with Crippen LogP contribution in [0.1, 0.15) is 50.5 Å². The van der Waals surface area contributed by atoms with Gasteiger partial charge in [-0.25, -0.2) is 13.1 Å². The van der Waals surface area contributed by atoms with Gasteiger partial charge >= 0.3 is 0 Å². The molecule has 1 aromatic rings. The van der Waals surface area contributed by atoms with Gasteiger partial charge in [-0.2, -0.15) is 0 Å². The van der Waals surface area contributed by atoms with E-state index >= 15 is 0 Å². The van der Waals surface area contributed by atoms with Gasteiger partial charge in [-0.3, -0.25) is 0 Å². The van der Waals surface area contributed by atoms with Gasteiger partial charge in [-0.15, -0.1) is 0 Å². The minimum atomic E-state index is -3.21. The van der Waals surface area contributed by atoms with E-state index in [9.17, 15) is 8.42 Å². The number of piperidine rings is 1. The van der Waals surface area contributed by atoms with E-state index in [0.29, 0.717) is 12.5 Å². The van der Waals surface area contributed by atoms with Crippen molar-refractivity contribution in [2.75, 3.05) is 26.0 Å². The molecule has 1 saturated carbocycles. The molecule has 1 aromatic carbocycles. The molecule has 26 heavy (non-hydrogen) atoms. The Hall–Kier alpha value is -0.950. The third-order valence-electron chi connectivity index (χ3n) is 5.93. The van der Waals surface area contributed by atoms with Gasteiger partial charge in [0.25, 0.3) is 0 Å². The predicted octanol–water partition coefficient (Wildman–Crippen LogP) is 2.65. The summed E-state index contributed by atoms with van der Waals surface area (Å²) in [6.07, 6.45) is 6.80. The van der Waals surface area contributed by atoms with Gasteiger partial charge < -0.3 is 10.1 Å². The molecule has 5 nitrogen and oxygen atoms in total. The lowest BCUT2D eigenvalue weighted by atomic mass is 9.79. The highest BCUT2D eigenvalue weighted by molar-refractivity contribution is 7.88. The number of sulfonamides is 1. The van der Waals surface area contributed by atoms with Crippen molar-refractivity contribution in [3.8, 4) is 0 Å². The second-order valence-corrected chi connectivity index (χ2v) is 10.0. The summed E-state index contributed by atoms with van der Waals surface area (Å²) in [5, 5.41) is 3.39. The van der Waals surface area contributed by atoms with E-state index in [4.69, 9.17) is 4.74 Å². The molecule has 0 radical (unpaired) electrons. The van der Waals surface area contributed by atoms with Crippen molar-refractivity contribution in [3.05, 3.63) is 35.9 Å². The average Bonchev–Trinajstić information content (AvgIpc) is 2.62. The summed E-state index contributed by atoms with van der Waals surface area (Å²) in [5.41, 5.74) is 1.23. The molecule has 1 aliphatic heterocycles. The molecule has 1 aliphatic carbocycles. The van der Waals surface area contributed by atoms with Crippen LogP contribution in [0.5, 0.6) is 0 Å². The van der Waals surface area contributed by atoms with E-state index in [-0.39, 0.29) is 17.6 Å². The molecule has 0 amide bonds. The highest BCUT2D eigenvalue weighted by Gasteiger charge is 2.39. The number of benzene rings is 1. The topological polar surface area (TPSA) is 67.4 Å². The zero-order valence-electron chi connectivity index (χ0n) is 15.9. The van der Waals surface area contributed by atoms with Crippen LogP contribution in [0.4, 0.5) is 0 Å². The number of nitrogens with one attached hydrogen (secondary N) is 2. The molecule has 146 valence electrons. The van der Waals surface area contributed by atoms with Crippen LogP contribution in [-0.2, 0) is 14.8 Å². The highest BCUT2D eigenvalue weighted by atomic mass is 32.2. The van der Waals surface area contributed by atoms with E-state index in [1.165, 1.54) is 11.8 Å². The molecule has 2 fully saturated rings. The van der Waals surface area contributed by atoms with Gasteiger partial charge in [0.2, 0.25) is 10.0 Å². The SMILES string of the molecule is C[C@@]1(CO[C@H]2CC[C@@H](c3ccccc3)CC2)CNCCC1NS(C)(=O)=O. The minimum absolute atomic E-state index is 0.0700. The average molecular weight is 381 g/mol. The fourth-order valence-electron chi connectivity index (χ4n) is 4.30. The predicted molar refractivity (Wildman–Crippen MR) is 105 cm³/mol. The Morgan fingerprint density at radius 3 is 2.50 bits per heavy atom. The van der Waals surface area contributed by atoms with Crippen molar-refractivity contribution in [1.29, 1.82) is 0 Å². The van der Waals surface area contributed by atoms with E-state index in [1.54, 1.807) is 0 Å². The van der Waals surface area contributed by atoms with Crippen molar-refractivity contribution in [3.63, 3.8) is 0 Å². The van der Waals surface area contributed by atoms with E-state index in [0.717, 1.165) is 45.2 Å². The molecular weight excluding hydrogens is 348 g/mol. The molecule has 2 aliphatic rings. The van der Waals surface area contributed by atoms with Crippen molar-refractivity contribution in [2.24, 2.45) is 5.41 Å². The summed E-state index contributed by atoms with van der Waals surface area (Å²) < 4.78 is 32.5. The Balaban J connectivity index is 1.51. The van der Waals surface area contributed by atoms with Gasteiger partial charge in [0.15, 0.2) is 0 Å². The summed E-state index contributed by atoms with van der Waals surface area (Å²) in [4.78, 5) is 0. The second kappa shape index (κ2) is 8.38. The third kappa shape index (κ3) is 5.28. The minimum Gasteiger partial charge on any atom is -0.378 e. The van der Waals surface area contributed by atoms with Crippen LogP contribution in [0.3, 0.4) is 0 Å². The highest BCUT2D eigenvalue weighted by Crippen LogP contribution is 2.35. The lowest BCUT2D eigenvalue weighted by Crippen LogP contribution is -2.57. The summed E-state index contributed by atoms with van der Waals surface area (Å²) in [5.74, 6) is 0.641. The fraction of sp³-hybridized carbons (Fsp3) is 0.700. The van der Waals surface area contributed by atoms with Crippen molar-refractivity contribution >= 4 is 10.0 Å². The summed E-state index contributed by atoms with van der Waals surface area (Å²) >= 11 is 0. The van der Waals surface area contributed by atoms with Gasteiger partial charge in [0.05, 0.1) is 19.0 Å². The standard InChI is InChI=1S/C20H32N2O3S/c1-20(14-21-13-12-19(20)22-26(2,23)24)15-25-18-10-8-17(9-11-18)16-6-4-3-5-7-16/h3-7,17-19,21-22H,8-15H2,1-2H3/t17-,18+,19?,20-/m0/s1. The molecule has 2 atom stereocenters. The van der Waals surface area contributed by atoms with Crippen molar-refractivity contribution in [1.82, 2.24) is 10.0 Å². The Morgan fingerprint density at radius 1 is 1.15 bits per heavy atom. The monoisotopic (exact) mass is 380 g/mol. The van der Waals surface area contributed by atoms with Crippen molar-refractivity contribution < 1.29 is 13.2 Å². The Bertz CT molecular complexity index is 672. The zero-order valence-corrected chi connectivity index (χ0v) is 16.7. The first-order valence-corrected chi connectivity index (χ1v) is 11.6. The molecule has 1 saturated heterocycles. The number of hydrogen-bond acceptors (Lipinski definition) is 4. The molecule has 1 unspecified atom stereocenters. The van der Waals surface area contributed by atoms with Crippen LogP contribution in [0.15, 0.2) is 30.3 Å². The second-order valence-electron chi connectivity index (χ2n) is 8.26. The van der Waals surface area contributed by atoms with E-state index in [1.807, 2.05) is 0 Å². The Morgan fingerprint density at radius 2 is 1.85 bits per heavy atom. The summed E-state index contributed by atoms with van der Waals surface area (Å²) in [7, 11) is -3.21. The Labute approximate surface area is 158 Å². The number of rotatable bonds is 6. The molecule has 3 rings (SSSR count). The number of ether oxygens (including phenoxy) is 1. The van der Waals surface area contributed by atoms with Gasteiger partial charge in [0.1, 0.15) is 0 Å². The van der Waals surface area contributed by atoms with Gasteiger partial charge in [0, 0.05) is 18.0 Å². The van der Waals surface area contributed by atoms with Crippen LogP contribution in [0.2, 0.25) is 0 Å². The molecule has 6 heteroatoms. The molecule has 0 spiro atoms. The quantitative estimate of drug-likeness (QED) is 0.796. The molecule has 0 bridgehead atoms. The first-order valence-electron chi connectivity index (χ1n) is 9.70. The summed E-state index contributed by atoms with van der Waals surface area (Å²) in [6, 6.07) is 10.7. The third-order valence-corrected chi connectivity index (χ3v) is 6.64. The zero-order chi connectivity index (χ0) is 18.6. The number of hydrogen-bond donors (Lipinski definition) is 2. The van der Waals surface area contributed by atoms with Crippen LogP contribution < -0.4 is 10.0 Å². The maximum Gasteiger partial charge on any atom is 0.208 e. The van der Waals surface area contributed by atoms with E-state index in [2.05, 4.69) is 47.3 Å². The first-order chi connectivity index (χ1) is 12.4.